The smallest absolute Gasteiger partial charge is 0.271 e. The lowest BCUT2D eigenvalue weighted by atomic mass is 10.2. The molecule has 1 aromatic rings. The predicted octanol–water partition coefficient (Wildman–Crippen LogP) is 3.27. The first kappa shape index (κ1) is 14.3. The van der Waals surface area contributed by atoms with Crippen molar-refractivity contribution in [2.45, 2.75) is 6.18 Å². The summed E-state index contributed by atoms with van der Waals surface area (Å²) < 4.78 is 50.3. The van der Waals surface area contributed by atoms with E-state index in [0.717, 1.165) is 17.8 Å². The fraction of sp³-hybridized carbons (Fsp3) is 0.200. The molecule has 0 amide bonds. The van der Waals surface area contributed by atoms with Gasteiger partial charge in [0, 0.05) is 0 Å². The van der Waals surface area contributed by atoms with E-state index >= 15 is 0 Å². The molecule has 0 bridgehead atoms. The van der Waals surface area contributed by atoms with Gasteiger partial charge in [-0.2, -0.15) is 18.4 Å². The van der Waals surface area contributed by atoms with Gasteiger partial charge in [-0.15, -0.1) is 0 Å². The standard InChI is InChI=1S/C10H7F4N3S/c1-18-9(16-5-15)17-8-3-6(10(12,13)14)2-7(11)4-8/h2-4H,1H3,(H,16,17). The molecule has 0 radical (unpaired) electrons. The van der Waals surface area contributed by atoms with E-state index in [1.807, 2.05) is 0 Å². The summed E-state index contributed by atoms with van der Waals surface area (Å²) >= 11 is 1.02. The van der Waals surface area contributed by atoms with E-state index in [0.29, 0.717) is 12.1 Å². The number of nitrogens with one attached hydrogen (secondary N) is 1. The Bertz CT molecular complexity index is 505. The highest BCUT2D eigenvalue weighted by Gasteiger charge is 2.31. The van der Waals surface area contributed by atoms with Crippen LogP contribution in [0.2, 0.25) is 0 Å². The van der Waals surface area contributed by atoms with Crippen molar-refractivity contribution in [2.24, 2.45) is 4.99 Å². The Morgan fingerprint density at radius 3 is 2.56 bits per heavy atom. The molecule has 1 aromatic carbocycles. The quantitative estimate of drug-likeness (QED) is 0.282. The number of aliphatic imine (C=N–C) groups is 1. The second-order valence-corrected chi connectivity index (χ2v) is 3.85. The topological polar surface area (TPSA) is 48.2 Å². The fourth-order valence-corrected chi connectivity index (χ4v) is 1.44. The van der Waals surface area contributed by atoms with Gasteiger partial charge in [0.2, 0.25) is 0 Å². The Hall–Kier alpha value is -1.75. The summed E-state index contributed by atoms with van der Waals surface area (Å²) in [5.74, 6) is -1.04. The highest BCUT2D eigenvalue weighted by molar-refractivity contribution is 8.13. The number of halogens is 4. The van der Waals surface area contributed by atoms with E-state index in [2.05, 4.69) is 10.3 Å². The third kappa shape index (κ3) is 3.92. The molecular formula is C10H7F4N3S. The zero-order valence-electron chi connectivity index (χ0n) is 9.05. The Labute approximate surface area is 105 Å². The first-order valence-electron chi connectivity index (χ1n) is 4.52. The van der Waals surface area contributed by atoms with Crippen molar-refractivity contribution >= 4 is 22.6 Å². The molecule has 0 heterocycles. The van der Waals surface area contributed by atoms with Gasteiger partial charge in [-0.1, -0.05) is 11.8 Å². The number of benzene rings is 1. The van der Waals surface area contributed by atoms with Crippen LogP contribution in [0.5, 0.6) is 0 Å². The lowest BCUT2D eigenvalue weighted by molar-refractivity contribution is -0.137. The zero-order chi connectivity index (χ0) is 13.8. The second-order valence-electron chi connectivity index (χ2n) is 3.05. The van der Waals surface area contributed by atoms with Crippen molar-refractivity contribution in [2.75, 3.05) is 6.26 Å². The number of nitrogens with zero attached hydrogens (tertiary/aromatic N) is 2. The Morgan fingerprint density at radius 2 is 2.06 bits per heavy atom. The van der Waals surface area contributed by atoms with Gasteiger partial charge in [0.05, 0.1) is 11.3 Å². The maximum Gasteiger partial charge on any atom is 0.416 e. The summed E-state index contributed by atoms with van der Waals surface area (Å²) in [5, 5.41) is 10.6. The molecule has 18 heavy (non-hydrogen) atoms. The average Bonchev–Trinajstić information content (AvgIpc) is 2.26. The summed E-state index contributed by atoms with van der Waals surface area (Å²) in [6.07, 6.45) is -1.49. The molecule has 0 saturated carbocycles. The van der Waals surface area contributed by atoms with Gasteiger partial charge in [-0.3, -0.25) is 5.32 Å². The molecule has 0 aliphatic carbocycles. The van der Waals surface area contributed by atoms with E-state index in [1.54, 1.807) is 12.4 Å². The first-order valence-corrected chi connectivity index (χ1v) is 5.75. The molecular weight excluding hydrogens is 270 g/mol. The van der Waals surface area contributed by atoms with Gasteiger partial charge in [0.25, 0.3) is 0 Å². The van der Waals surface area contributed by atoms with Gasteiger partial charge >= 0.3 is 6.18 Å². The van der Waals surface area contributed by atoms with Crippen molar-refractivity contribution in [1.29, 1.82) is 5.26 Å². The second kappa shape index (κ2) is 5.73. The molecule has 0 spiro atoms. The van der Waals surface area contributed by atoms with Crippen LogP contribution in [0.1, 0.15) is 5.56 Å². The largest absolute Gasteiger partial charge is 0.416 e. The third-order valence-electron chi connectivity index (χ3n) is 1.80. The number of amidine groups is 1. The van der Waals surface area contributed by atoms with Crippen LogP contribution in [0.25, 0.3) is 0 Å². The minimum atomic E-state index is -4.64. The van der Waals surface area contributed by atoms with Crippen molar-refractivity contribution in [3.8, 4) is 6.19 Å². The van der Waals surface area contributed by atoms with Gasteiger partial charge in [0.1, 0.15) is 5.82 Å². The van der Waals surface area contributed by atoms with Gasteiger partial charge in [-0.25, -0.2) is 9.38 Å². The van der Waals surface area contributed by atoms with Crippen LogP contribution in [0, 0.1) is 17.3 Å². The molecule has 0 fully saturated rings. The lowest BCUT2D eigenvalue weighted by Gasteiger charge is -2.08. The number of hydrogen-bond donors (Lipinski definition) is 1. The molecule has 0 aliphatic rings. The van der Waals surface area contributed by atoms with Crippen LogP contribution in [0.3, 0.4) is 0 Å². The number of thioether (sulfide) groups is 1. The van der Waals surface area contributed by atoms with Crippen molar-refractivity contribution < 1.29 is 17.6 Å². The normalized spacial score (nSPS) is 12.1. The van der Waals surface area contributed by atoms with Crippen molar-refractivity contribution in [1.82, 2.24) is 5.32 Å². The maximum atomic E-state index is 13.0. The Morgan fingerprint density at radius 1 is 1.39 bits per heavy atom. The molecule has 0 aromatic heterocycles. The van der Waals surface area contributed by atoms with E-state index < -0.39 is 17.6 Å². The average molecular weight is 277 g/mol. The Kier molecular flexibility index (Phi) is 4.55. The number of rotatable bonds is 1. The fourth-order valence-electron chi connectivity index (χ4n) is 1.09. The van der Waals surface area contributed by atoms with Crippen LogP contribution in [0.15, 0.2) is 23.2 Å². The number of nitriles is 1. The molecule has 8 heteroatoms. The number of hydrogen-bond acceptors (Lipinski definition) is 3. The summed E-state index contributed by atoms with van der Waals surface area (Å²) in [6.45, 7) is 0. The van der Waals surface area contributed by atoms with Crippen LogP contribution >= 0.6 is 11.8 Å². The number of alkyl halides is 3. The van der Waals surface area contributed by atoms with Crippen LogP contribution in [-0.2, 0) is 6.18 Å². The third-order valence-corrected chi connectivity index (χ3v) is 2.38. The van der Waals surface area contributed by atoms with E-state index in [1.165, 1.54) is 0 Å². The minimum Gasteiger partial charge on any atom is -0.271 e. The molecule has 0 unspecified atom stereocenters. The van der Waals surface area contributed by atoms with Gasteiger partial charge in [-0.05, 0) is 24.5 Å². The summed E-state index contributed by atoms with van der Waals surface area (Å²) in [6, 6.07) is 1.94. The summed E-state index contributed by atoms with van der Waals surface area (Å²) in [4.78, 5) is 3.71. The lowest BCUT2D eigenvalue weighted by Crippen LogP contribution is -2.12. The minimum absolute atomic E-state index is 0.0798. The van der Waals surface area contributed by atoms with Gasteiger partial charge in [0.15, 0.2) is 11.4 Å². The van der Waals surface area contributed by atoms with Crippen molar-refractivity contribution in [3.05, 3.63) is 29.6 Å². The molecule has 0 saturated heterocycles. The molecule has 0 atom stereocenters. The van der Waals surface area contributed by atoms with E-state index in [4.69, 9.17) is 5.26 Å². The molecule has 1 rings (SSSR count). The monoisotopic (exact) mass is 277 g/mol. The predicted molar refractivity (Wildman–Crippen MR) is 60.8 cm³/mol. The maximum absolute atomic E-state index is 13.0. The van der Waals surface area contributed by atoms with Gasteiger partial charge < -0.3 is 0 Å². The van der Waals surface area contributed by atoms with Crippen LogP contribution in [-0.4, -0.2) is 11.4 Å². The molecule has 96 valence electrons. The summed E-state index contributed by atoms with van der Waals surface area (Å²) in [7, 11) is 0. The summed E-state index contributed by atoms with van der Waals surface area (Å²) in [5.41, 5.74) is -1.34. The molecule has 1 N–H and O–H groups in total. The highest BCUT2D eigenvalue weighted by atomic mass is 32.2. The SMILES string of the molecule is CSC(=Nc1cc(F)cc(C(F)(F)F)c1)NC#N. The molecule has 0 aliphatic heterocycles. The van der Waals surface area contributed by atoms with Crippen molar-refractivity contribution in [3.63, 3.8) is 0 Å². The van der Waals surface area contributed by atoms with Crippen LogP contribution < -0.4 is 5.32 Å². The van der Waals surface area contributed by atoms with E-state index in [-0.39, 0.29) is 10.9 Å². The Balaban J connectivity index is 3.19. The van der Waals surface area contributed by atoms with E-state index in [9.17, 15) is 17.6 Å². The first-order chi connectivity index (χ1) is 8.36. The molecule has 3 nitrogen and oxygen atoms in total. The van der Waals surface area contributed by atoms with Crippen LogP contribution in [0.4, 0.5) is 23.2 Å². The zero-order valence-corrected chi connectivity index (χ0v) is 9.86. The highest BCUT2D eigenvalue weighted by Crippen LogP contribution is 2.32.